The smallest absolute Gasteiger partial charge is 0.432 e. The molecule has 4 aromatic rings. The summed E-state index contributed by atoms with van der Waals surface area (Å²) in [6.45, 7) is -0.121. The number of Topliss-reactive ketones (excluding diaryl/α,β-unsaturated/α-hetero) is 1. The lowest BCUT2D eigenvalue weighted by atomic mass is 10.1. The molecule has 3 aromatic carbocycles. The molecule has 0 unspecified atom stereocenters. The lowest BCUT2D eigenvalue weighted by Crippen LogP contribution is -2.48. The van der Waals surface area contributed by atoms with Gasteiger partial charge in [-0.05, 0) is 47.5 Å². The molecule has 0 atom stereocenters. The summed E-state index contributed by atoms with van der Waals surface area (Å²) in [7, 11) is 1.52. The average molecular weight is 488 g/mol. The number of aromatic nitrogens is 3. The summed E-state index contributed by atoms with van der Waals surface area (Å²) in [5.41, 5.74) is 0.721. The molecule has 0 saturated carbocycles. The van der Waals surface area contributed by atoms with Gasteiger partial charge in [0, 0.05) is 16.9 Å². The maximum absolute atomic E-state index is 13.2. The SMILES string of the molecule is COc1ccc(C(=O)C[n+]2[nH]n(/N=C/c3ccc(F)cc3)c(=O)c2C(=O)NCc2ccccc2)cc1. The van der Waals surface area contributed by atoms with Crippen LogP contribution < -0.4 is 20.3 Å². The molecule has 36 heavy (non-hydrogen) atoms. The van der Waals surface area contributed by atoms with Crippen LogP contribution >= 0.6 is 0 Å². The van der Waals surface area contributed by atoms with Crippen molar-refractivity contribution in [3.05, 3.63) is 117 Å². The molecule has 0 saturated heterocycles. The Bertz CT molecular complexity index is 1440. The minimum Gasteiger partial charge on any atom is -0.497 e. The highest BCUT2D eigenvalue weighted by Crippen LogP contribution is 2.11. The number of nitrogens with one attached hydrogen (secondary N) is 2. The van der Waals surface area contributed by atoms with Crippen LogP contribution in [-0.4, -0.2) is 35.0 Å². The number of ketones is 1. The van der Waals surface area contributed by atoms with Crippen molar-refractivity contribution in [2.75, 3.05) is 7.11 Å². The molecular formula is C26H23FN5O4+. The van der Waals surface area contributed by atoms with Gasteiger partial charge in [-0.3, -0.25) is 9.59 Å². The molecule has 0 fully saturated rings. The Morgan fingerprint density at radius 2 is 1.75 bits per heavy atom. The summed E-state index contributed by atoms with van der Waals surface area (Å²) in [5.74, 6) is -0.819. The van der Waals surface area contributed by atoms with E-state index in [0.717, 1.165) is 15.0 Å². The highest BCUT2D eigenvalue weighted by Gasteiger charge is 2.30. The number of hydrogen-bond donors (Lipinski definition) is 2. The number of ether oxygens (including phenoxy) is 1. The van der Waals surface area contributed by atoms with E-state index in [2.05, 4.69) is 15.6 Å². The Kier molecular flexibility index (Phi) is 7.45. The van der Waals surface area contributed by atoms with Gasteiger partial charge in [0.25, 0.3) is 0 Å². The number of carbonyl (C=O) groups excluding carboxylic acids is 2. The van der Waals surface area contributed by atoms with Crippen molar-refractivity contribution in [2.24, 2.45) is 5.10 Å². The van der Waals surface area contributed by atoms with Gasteiger partial charge in [-0.1, -0.05) is 52.8 Å². The molecule has 0 aliphatic heterocycles. The van der Waals surface area contributed by atoms with Gasteiger partial charge in [-0.2, -0.15) is 0 Å². The fourth-order valence-corrected chi connectivity index (χ4v) is 3.38. The monoisotopic (exact) mass is 488 g/mol. The maximum atomic E-state index is 13.2. The van der Waals surface area contributed by atoms with E-state index in [4.69, 9.17) is 4.74 Å². The number of nitrogens with zero attached hydrogens (tertiary/aromatic N) is 3. The molecule has 10 heteroatoms. The molecule has 0 spiro atoms. The molecule has 2 N–H and O–H groups in total. The van der Waals surface area contributed by atoms with Crippen LogP contribution in [0.15, 0.2) is 88.8 Å². The zero-order chi connectivity index (χ0) is 25.5. The second-order valence-electron chi connectivity index (χ2n) is 7.77. The molecule has 1 heterocycles. The number of halogens is 1. The van der Waals surface area contributed by atoms with Gasteiger partial charge in [0.1, 0.15) is 11.6 Å². The molecule has 0 bridgehead atoms. The first kappa shape index (κ1) is 24.3. The quantitative estimate of drug-likeness (QED) is 0.214. The Balaban J connectivity index is 1.63. The molecule has 9 nitrogen and oxygen atoms in total. The van der Waals surface area contributed by atoms with Gasteiger partial charge < -0.3 is 10.1 Å². The van der Waals surface area contributed by atoms with E-state index in [-0.39, 0.29) is 24.6 Å². The highest BCUT2D eigenvalue weighted by atomic mass is 19.1. The summed E-state index contributed by atoms with van der Waals surface area (Å²) in [5, 5.41) is 9.44. The van der Waals surface area contributed by atoms with Crippen LogP contribution in [0.1, 0.15) is 32.0 Å². The van der Waals surface area contributed by atoms with Crippen molar-refractivity contribution < 1.29 is 23.4 Å². The number of rotatable bonds is 9. The van der Waals surface area contributed by atoms with E-state index in [0.29, 0.717) is 16.9 Å². The van der Waals surface area contributed by atoms with Crippen LogP contribution in [-0.2, 0) is 13.1 Å². The lowest BCUT2D eigenvalue weighted by molar-refractivity contribution is -0.744. The Labute approximate surface area is 205 Å². The number of benzene rings is 3. The lowest BCUT2D eigenvalue weighted by Gasteiger charge is -2.04. The first-order valence-corrected chi connectivity index (χ1v) is 11.0. The Morgan fingerprint density at radius 1 is 1.06 bits per heavy atom. The third kappa shape index (κ3) is 5.79. The van der Waals surface area contributed by atoms with Crippen LogP contribution in [0.4, 0.5) is 4.39 Å². The Morgan fingerprint density at radius 3 is 2.42 bits per heavy atom. The maximum Gasteiger partial charge on any atom is 0.432 e. The van der Waals surface area contributed by atoms with Crippen LogP contribution in [0.5, 0.6) is 5.75 Å². The number of H-pyrrole nitrogens is 1. The van der Waals surface area contributed by atoms with Crippen molar-refractivity contribution in [2.45, 2.75) is 13.1 Å². The van der Waals surface area contributed by atoms with E-state index in [1.807, 2.05) is 30.3 Å². The summed E-state index contributed by atoms with van der Waals surface area (Å²) < 4.78 is 19.4. The summed E-state index contributed by atoms with van der Waals surface area (Å²) >= 11 is 0. The molecule has 182 valence electrons. The minimum absolute atomic E-state index is 0.190. The zero-order valence-electron chi connectivity index (χ0n) is 19.3. The topological polar surface area (TPSA) is 109 Å². The normalized spacial score (nSPS) is 10.9. The van der Waals surface area contributed by atoms with Crippen LogP contribution in [0, 0.1) is 5.82 Å². The van der Waals surface area contributed by atoms with E-state index >= 15 is 0 Å². The van der Waals surface area contributed by atoms with Gasteiger partial charge in [0.15, 0.2) is 6.54 Å². The van der Waals surface area contributed by atoms with Crippen molar-refractivity contribution in [3.8, 4) is 5.75 Å². The fourth-order valence-electron chi connectivity index (χ4n) is 3.38. The van der Waals surface area contributed by atoms with E-state index in [1.165, 1.54) is 37.6 Å². The summed E-state index contributed by atoms with van der Waals surface area (Å²) in [6, 6.07) is 21.2. The number of amides is 1. The van der Waals surface area contributed by atoms with Crippen molar-refractivity contribution >= 4 is 17.9 Å². The third-order valence-corrected chi connectivity index (χ3v) is 5.30. The van der Waals surface area contributed by atoms with Crippen LogP contribution in [0.3, 0.4) is 0 Å². The molecule has 0 aliphatic rings. The largest absolute Gasteiger partial charge is 0.497 e. The minimum atomic E-state index is -0.749. The van der Waals surface area contributed by atoms with Crippen LogP contribution in [0.2, 0.25) is 0 Å². The van der Waals surface area contributed by atoms with Gasteiger partial charge in [0.2, 0.25) is 5.78 Å². The van der Waals surface area contributed by atoms with Gasteiger partial charge in [0.05, 0.1) is 13.3 Å². The Hall–Kier alpha value is -4.86. The second kappa shape index (κ2) is 11.0. The van der Waals surface area contributed by atoms with E-state index < -0.39 is 17.3 Å². The molecule has 0 radical (unpaired) electrons. The highest BCUT2D eigenvalue weighted by molar-refractivity contribution is 5.95. The molecule has 4 rings (SSSR count). The van der Waals surface area contributed by atoms with Gasteiger partial charge >= 0.3 is 17.2 Å². The number of aromatic amines is 1. The first-order chi connectivity index (χ1) is 17.4. The molecule has 1 amide bonds. The third-order valence-electron chi connectivity index (χ3n) is 5.30. The van der Waals surface area contributed by atoms with Crippen molar-refractivity contribution in [1.29, 1.82) is 0 Å². The van der Waals surface area contributed by atoms with E-state index in [9.17, 15) is 18.8 Å². The predicted molar refractivity (Wildman–Crippen MR) is 130 cm³/mol. The van der Waals surface area contributed by atoms with Crippen molar-refractivity contribution in [3.63, 3.8) is 0 Å². The second-order valence-corrected chi connectivity index (χ2v) is 7.77. The number of methoxy groups -OCH3 is 1. The number of hydrogen-bond acceptors (Lipinski definition) is 5. The van der Waals surface area contributed by atoms with E-state index in [1.54, 1.807) is 24.3 Å². The van der Waals surface area contributed by atoms with Crippen molar-refractivity contribution in [1.82, 2.24) is 15.3 Å². The number of carbonyl (C=O) groups is 2. The molecule has 0 aliphatic carbocycles. The predicted octanol–water partition coefficient (Wildman–Crippen LogP) is 2.31. The van der Waals surface area contributed by atoms with Gasteiger partial charge in [-0.25, -0.2) is 9.18 Å². The van der Waals surface area contributed by atoms with Crippen LogP contribution in [0.25, 0.3) is 0 Å². The molecule has 1 aromatic heterocycles. The van der Waals surface area contributed by atoms with Gasteiger partial charge in [-0.15, -0.1) is 4.68 Å². The molecular weight excluding hydrogens is 465 g/mol. The first-order valence-electron chi connectivity index (χ1n) is 11.0. The fraction of sp³-hybridized carbons (Fsp3) is 0.115. The zero-order valence-corrected chi connectivity index (χ0v) is 19.3. The summed E-state index contributed by atoms with van der Waals surface area (Å²) in [4.78, 5) is 39.8. The average Bonchev–Trinajstić information content (AvgIpc) is 3.22. The summed E-state index contributed by atoms with van der Waals surface area (Å²) in [6.07, 6.45) is 1.33. The standard InChI is InChI=1S/C26H22FN5O4/c1-36-22-13-9-20(10-14-22)23(33)17-31-24(25(34)28-15-18-5-3-2-4-6-18)26(35)32(30-31)29-16-19-7-11-21(27)12-8-19/h2-14,16H,15,17H2,1H3,(H-,28,30,34,35)/p+1/b29-16+.